The van der Waals surface area contributed by atoms with Crippen LogP contribution in [0.4, 0.5) is 0 Å². The molecule has 56 heavy (non-hydrogen) atoms. The lowest BCUT2D eigenvalue weighted by Gasteiger charge is -2.11. The summed E-state index contributed by atoms with van der Waals surface area (Å²) in [4.78, 5) is 48.4. The van der Waals surface area contributed by atoms with Crippen molar-refractivity contribution in [3.63, 3.8) is 0 Å². The number of nitrogens with one attached hydrogen (secondary N) is 4. The molecule has 0 heterocycles. The Balaban J connectivity index is 3.49. The number of amides is 4. The summed E-state index contributed by atoms with van der Waals surface area (Å²) in [5, 5.41) is 10.5. The van der Waals surface area contributed by atoms with Crippen LogP contribution in [-0.4, -0.2) is 81.6 Å². The maximum Gasteiger partial charge on any atom is 0.238 e. The topological polar surface area (TPSA) is 135 Å². The molecule has 0 rings (SSSR count). The SMILES string of the molecule is CCCCCCCCCCCCCCCC(=O)NCCOCCNC(=O)CC[C@H](Cl)C(=O)NCCOCCNC(=O)CCCCCCCCCCCCCCC. The van der Waals surface area contributed by atoms with Gasteiger partial charge in [0.1, 0.15) is 5.38 Å². The first-order valence-corrected chi connectivity index (χ1v) is 23.7. The molecule has 4 amide bonds. The zero-order valence-corrected chi connectivity index (χ0v) is 37.0. The van der Waals surface area contributed by atoms with Crippen LogP contribution in [-0.2, 0) is 28.7 Å². The minimum Gasteiger partial charge on any atom is -0.378 e. The molecule has 0 aliphatic rings. The lowest BCUT2D eigenvalue weighted by molar-refractivity contribution is -0.123. The van der Waals surface area contributed by atoms with Crippen LogP contribution < -0.4 is 21.3 Å². The Morgan fingerprint density at radius 3 is 0.982 bits per heavy atom. The lowest BCUT2D eigenvalue weighted by atomic mass is 10.0. The highest BCUT2D eigenvalue weighted by Gasteiger charge is 2.16. The van der Waals surface area contributed by atoms with E-state index in [4.69, 9.17) is 21.1 Å². The molecule has 0 saturated carbocycles. The molecule has 0 spiro atoms. The van der Waals surface area contributed by atoms with Gasteiger partial charge in [-0.3, -0.25) is 19.2 Å². The fourth-order valence-corrected chi connectivity index (χ4v) is 6.80. The standard InChI is InChI=1S/C45H87ClN4O6/c1-3-5-7-9-11-13-15-17-19-21-23-25-27-29-42(51)47-33-37-55-39-35-49-44(53)32-31-41(46)45(54)50-36-40-56-38-34-48-43(52)30-28-26-24-22-20-18-16-14-12-10-8-6-4-2/h41H,3-40H2,1-2H3,(H,47,51)(H,48,52)(H,49,53)(H,50,54)/t41-/m0/s1. The van der Waals surface area contributed by atoms with Crippen LogP contribution >= 0.6 is 11.6 Å². The summed E-state index contributed by atoms with van der Waals surface area (Å²) in [7, 11) is 0. The molecular formula is C45H87ClN4O6. The quantitative estimate of drug-likeness (QED) is 0.0358. The monoisotopic (exact) mass is 815 g/mol. The Labute approximate surface area is 348 Å². The average molecular weight is 816 g/mol. The second-order valence-corrected chi connectivity index (χ2v) is 16.1. The van der Waals surface area contributed by atoms with Crippen molar-refractivity contribution in [3.8, 4) is 0 Å². The Kier molecular flexibility index (Phi) is 42.7. The van der Waals surface area contributed by atoms with E-state index in [2.05, 4.69) is 35.1 Å². The number of unbranched alkanes of at least 4 members (excludes halogenated alkanes) is 24. The van der Waals surface area contributed by atoms with Crippen LogP contribution in [0.1, 0.15) is 206 Å². The van der Waals surface area contributed by atoms with Gasteiger partial charge in [0.25, 0.3) is 0 Å². The third-order valence-corrected chi connectivity index (χ3v) is 10.6. The number of carbonyl (C=O) groups excluding carboxylic acids is 4. The molecular weight excluding hydrogens is 728 g/mol. The van der Waals surface area contributed by atoms with Crippen molar-refractivity contribution in [1.82, 2.24) is 21.3 Å². The fourth-order valence-electron chi connectivity index (χ4n) is 6.61. The van der Waals surface area contributed by atoms with Crippen LogP contribution in [0.2, 0.25) is 0 Å². The van der Waals surface area contributed by atoms with Gasteiger partial charge in [0.15, 0.2) is 0 Å². The van der Waals surface area contributed by atoms with Crippen LogP contribution in [0.3, 0.4) is 0 Å². The molecule has 0 aromatic rings. The second kappa shape index (κ2) is 44.2. The van der Waals surface area contributed by atoms with Gasteiger partial charge in [-0.25, -0.2) is 0 Å². The van der Waals surface area contributed by atoms with Gasteiger partial charge in [-0.05, 0) is 19.3 Å². The predicted octanol–water partition coefficient (Wildman–Crippen LogP) is 9.83. The van der Waals surface area contributed by atoms with E-state index in [9.17, 15) is 19.2 Å². The molecule has 0 aromatic heterocycles. The molecule has 330 valence electrons. The molecule has 4 N–H and O–H groups in total. The van der Waals surface area contributed by atoms with E-state index >= 15 is 0 Å². The highest BCUT2D eigenvalue weighted by Crippen LogP contribution is 2.14. The number of rotatable bonds is 44. The summed E-state index contributed by atoms with van der Waals surface area (Å²) in [5.74, 6) is -0.415. The smallest absolute Gasteiger partial charge is 0.238 e. The van der Waals surface area contributed by atoms with Gasteiger partial charge in [0.05, 0.1) is 26.4 Å². The van der Waals surface area contributed by atoms with Crippen molar-refractivity contribution in [2.45, 2.75) is 212 Å². The van der Waals surface area contributed by atoms with E-state index in [1.165, 1.54) is 141 Å². The molecule has 1 atom stereocenters. The van der Waals surface area contributed by atoms with E-state index < -0.39 is 5.38 Å². The maximum atomic E-state index is 12.2. The molecule has 10 nitrogen and oxygen atoms in total. The molecule has 0 bridgehead atoms. The zero-order valence-electron chi connectivity index (χ0n) is 36.3. The van der Waals surface area contributed by atoms with E-state index in [0.717, 1.165) is 25.7 Å². The van der Waals surface area contributed by atoms with Gasteiger partial charge in [-0.15, -0.1) is 11.6 Å². The van der Waals surface area contributed by atoms with Crippen LogP contribution in [0.15, 0.2) is 0 Å². The van der Waals surface area contributed by atoms with Crippen molar-refractivity contribution in [2.75, 3.05) is 52.6 Å². The first-order valence-electron chi connectivity index (χ1n) is 23.3. The van der Waals surface area contributed by atoms with Crippen molar-refractivity contribution >= 4 is 35.2 Å². The molecule has 0 aliphatic carbocycles. The van der Waals surface area contributed by atoms with Crippen molar-refractivity contribution in [3.05, 3.63) is 0 Å². The van der Waals surface area contributed by atoms with E-state index in [1.54, 1.807) is 0 Å². The summed E-state index contributed by atoms with van der Waals surface area (Å²) < 4.78 is 11.0. The molecule has 11 heteroatoms. The Hall–Kier alpha value is -1.91. The van der Waals surface area contributed by atoms with Crippen LogP contribution in [0.5, 0.6) is 0 Å². The van der Waals surface area contributed by atoms with Crippen molar-refractivity contribution in [2.24, 2.45) is 0 Å². The molecule has 0 fully saturated rings. The van der Waals surface area contributed by atoms with E-state index in [1.807, 2.05) is 0 Å². The van der Waals surface area contributed by atoms with Crippen LogP contribution in [0, 0.1) is 0 Å². The molecule has 0 aliphatic heterocycles. The number of hydrogen-bond acceptors (Lipinski definition) is 6. The molecule has 0 unspecified atom stereocenters. The summed E-state index contributed by atoms with van der Waals surface area (Å²) in [6.45, 7) is 7.49. The normalized spacial score (nSPS) is 11.7. The molecule has 0 aromatic carbocycles. The first kappa shape index (κ1) is 54.1. The third kappa shape index (κ3) is 41.7. The Morgan fingerprint density at radius 1 is 0.393 bits per heavy atom. The molecule has 0 saturated heterocycles. The minimum absolute atomic E-state index is 0.0576. The highest BCUT2D eigenvalue weighted by atomic mass is 35.5. The zero-order chi connectivity index (χ0) is 41.0. The predicted molar refractivity (Wildman–Crippen MR) is 233 cm³/mol. The largest absolute Gasteiger partial charge is 0.378 e. The van der Waals surface area contributed by atoms with Crippen LogP contribution in [0.25, 0.3) is 0 Å². The third-order valence-electron chi connectivity index (χ3n) is 10.2. The van der Waals surface area contributed by atoms with Gasteiger partial charge in [0, 0.05) is 45.4 Å². The summed E-state index contributed by atoms with van der Waals surface area (Å²) in [6.07, 6.45) is 34.9. The Morgan fingerprint density at radius 2 is 0.661 bits per heavy atom. The molecule has 0 radical (unpaired) electrons. The summed E-state index contributed by atoms with van der Waals surface area (Å²) in [6, 6.07) is 0. The number of ether oxygens (including phenoxy) is 2. The van der Waals surface area contributed by atoms with Crippen molar-refractivity contribution < 1.29 is 28.7 Å². The van der Waals surface area contributed by atoms with Gasteiger partial charge in [-0.1, -0.05) is 168 Å². The average Bonchev–Trinajstić information content (AvgIpc) is 3.19. The van der Waals surface area contributed by atoms with Gasteiger partial charge >= 0.3 is 0 Å². The highest BCUT2D eigenvalue weighted by molar-refractivity contribution is 6.30. The number of halogens is 1. The number of carbonyl (C=O) groups is 4. The lowest BCUT2D eigenvalue weighted by Crippen LogP contribution is -2.35. The summed E-state index contributed by atoms with van der Waals surface area (Å²) >= 11 is 6.18. The van der Waals surface area contributed by atoms with Crippen molar-refractivity contribution in [1.29, 1.82) is 0 Å². The van der Waals surface area contributed by atoms with Gasteiger partial charge in [0.2, 0.25) is 23.6 Å². The Bertz CT molecular complexity index is 912. The number of hydrogen-bond donors (Lipinski definition) is 4. The van der Waals surface area contributed by atoms with E-state index in [-0.39, 0.29) is 36.5 Å². The second-order valence-electron chi connectivity index (χ2n) is 15.6. The van der Waals surface area contributed by atoms with Gasteiger partial charge in [-0.2, -0.15) is 0 Å². The first-order chi connectivity index (χ1) is 27.4. The maximum absolute atomic E-state index is 12.2. The summed E-state index contributed by atoms with van der Waals surface area (Å²) in [5.41, 5.74) is 0. The van der Waals surface area contributed by atoms with Gasteiger partial charge < -0.3 is 30.7 Å². The fraction of sp³-hybridized carbons (Fsp3) is 0.911. The minimum atomic E-state index is -0.815. The van der Waals surface area contributed by atoms with E-state index in [0.29, 0.717) is 65.4 Å². The number of alkyl halides is 1.